The van der Waals surface area contributed by atoms with E-state index in [1.807, 2.05) is 0 Å². The van der Waals surface area contributed by atoms with Crippen molar-refractivity contribution in [2.45, 2.75) is 0 Å². The number of ether oxygens (including phenoxy) is 2. The van der Waals surface area contributed by atoms with Gasteiger partial charge in [0.05, 0.1) is 19.8 Å². The van der Waals surface area contributed by atoms with E-state index in [2.05, 4.69) is 0 Å². The highest BCUT2D eigenvalue weighted by molar-refractivity contribution is 6.52. The van der Waals surface area contributed by atoms with Crippen LogP contribution in [0.5, 0.6) is 11.5 Å². The van der Waals surface area contributed by atoms with Gasteiger partial charge in [-0.3, -0.25) is 4.79 Å². The first-order valence-corrected chi connectivity index (χ1v) is 6.47. The number of Topliss-reactive ketones (excluding diaryl/α,β-unsaturated/α-hetero) is 1. The molecule has 0 unspecified atom stereocenters. The zero-order valence-electron chi connectivity index (χ0n) is 11.9. The minimum absolute atomic E-state index is 0.00165. The first kappa shape index (κ1) is 14.1. The van der Waals surface area contributed by atoms with Gasteiger partial charge in [-0.1, -0.05) is 0 Å². The molecule has 2 aromatic carbocycles. The third kappa shape index (κ3) is 2.09. The molecule has 1 aliphatic heterocycles. The average Bonchev–Trinajstić information content (AvgIpc) is 2.77. The van der Waals surface area contributed by atoms with Crippen LogP contribution < -0.4 is 9.47 Å². The number of benzene rings is 2. The SMILES string of the molecule is COc1cc(OC)cc(C2=[N+]([O-])c3cc(F)ccc3C2=O)c1. The summed E-state index contributed by atoms with van der Waals surface area (Å²) in [6.45, 7) is 0. The van der Waals surface area contributed by atoms with Crippen molar-refractivity contribution >= 4 is 17.2 Å². The number of carbonyl (C=O) groups excluding carboxylic acids is 1. The highest BCUT2D eigenvalue weighted by Crippen LogP contribution is 2.31. The third-order valence-corrected chi connectivity index (χ3v) is 3.47. The second kappa shape index (κ2) is 5.14. The molecule has 0 radical (unpaired) electrons. The van der Waals surface area contributed by atoms with Gasteiger partial charge in [0.25, 0.3) is 11.5 Å². The summed E-state index contributed by atoms with van der Waals surface area (Å²) < 4.78 is 24.0. The highest BCUT2D eigenvalue weighted by Gasteiger charge is 2.37. The van der Waals surface area contributed by atoms with Gasteiger partial charge in [-0.05, 0) is 24.3 Å². The van der Waals surface area contributed by atoms with Crippen LogP contribution in [0.1, 0.15) is 15.9 Å². The van der Waals surface area contributed by atoms with Crippen molar-refractivity contribution in [2.75, 3.05) is 14.2 Å². The van der Waals surface area contributed by atoms with Gasteiger partial charge in [-0.25, -0.2) is 4.39 Å². The lowest BCUT2D eigenvalue weighted by Crippen LogP contribution is -2.16. The van der Waals surface area contributed by atoms with Crippen molar-refractivity contribution in [1.29, 1.82) is 0 Å². The number of methoxy groups -OCH3 is 2. The lowest BCUT2D eigenvalue weighted by Gasteiger charge is -2.07. The smallest absolute Gasteiger partial charge is 0.273 e. The van der Waals surface area contributed by atoms with E-state index in [9.17, 15) is 14.4 Å². The second-order valence-corrected chi connectivity index (χ2v) is 4.73. The molecule has 1 heterocycles. The number of hydrogen-bond donors (Lipinski definition) is 0. The van der Waals surface area contributed by atoms with Crippen LogP contribution in [0.3, 0.4) is 0 Å². The van der Waals surface area contributed by atoms with Crippen molar-refractivity contribution in [2.24, 2.45) is 0 Å². The van der Waals surface area contributed by atoms with E-state index in [4.69, 9.17) is 9.47 Å². The third-order valence-electron chi connectivity index (χ3n) is 3.47. The Morgan fingerprint density at radius 3 is 2.27 bits per heavy atom. The molecule has 0 bridgehead atoms. The van der Waals surface area contributed by atoms with Gasteiger partial charge < -0.3 is 14.7 Å². The number of rotatable bonds is 3. The van der Waals surface area contributed by atoms with E-state index in [1.165, 1.54) is 20.3 Å². The van der Waals surface area contributed by atoms with Gasteiger partial charge in [0.1, 0.15) is 22.9 Å². The molecular weight excluding hydrogens is 289 g/mol. The Hall–Kier alpha value is -2.89. The van der Waals surface area contributed by atoms with E-state index in [-0.39, 0.29) is 17.0 Å². The summed E-state index contributed by atoms with van der Waals surface area (Å²) in [5.74, 6) is -0.132. The monoisotopic (exact) mass is 301 g/mol. The predicted molar refractivity (Wildman–Crippen MR) is 77.7 cm³/mol. The maximum Gasteiger partial charge on any atom is 0.273 e. The van der Waals surface area contributed by atoms with Crippen LogP contribution in [0.2, 0.25) is 0 Å². The summed E-state index contributed by atoms with van der Waals surface area (Å²) in [4.78, 5) is 12.4. The second-order valence-electron chi connectivity index (χ2n) is 4.73. The zero-order chi connectivity index (χ0) is 15.9. The van der Waals surface area contributed by atoms with Crippen molar-refractivity contribution in [3.8, 4) is 11.5 Å². The number of ketones is 1. The first-order chi connectivity index (χ1) is 10.5. The molecule has 0 aromatic heterocycles. The summed E-state index contributed by atoms with van der Waals surface area (Å²) in [7, 11) is 2.94. The van der Waals surface area contributed by atoms with Crippen LogP contribution in [-0.2, 0) is 0 Å². The Labute approximate surface area is 125 Å². The van der Waals surface area contributed by atoms with E-state index >= 15 is 0 Å². The molecule has 6 heteroatoms. The minimum Gasteiger partial charge on any atom is -0.618 e. The maximum atomic E-state index is 13.3. The van der Waals surface area contributed by atoms with Gasteiger partial charge in [-0.2, -0.15) is 4.74 Å². The lowest BCUT2D eigenvalue weighted by atomic mass is 10.0. The molecule has 0 atom stereocenters. The van der Waals surface area contributed by atoms with E-state index in [1.54, 1.807) is 18.2 Å². The van der Waals surface area contributed by atoms with Gasteiger partial charge in [0.2, 0.25) is 5.69 Å². The average molecular weight is 301 g/mol. The number of carbonyl (C=O) groups is 1. The summed E-state index contributed by atoms with van der Waals surface area (Å²) in [6.07, 6.45) is 0. The van der Waals surface area contributed by atoms with E-state index in [0.717, 1.165) is 12.1 Å². The van der Waals surface area contributed by atoms with Crippen molar-refractivity contribution in [1.82, 2.24) is 0 Å². The minimum atomic E-state index is -0.572. The number of hydrogen-bond acceptors (Lipinski definition) is 4. The molecule has 0 saturated carbocycles. The van der Waals surface area contributed by atoms with E-state index in [0.29, 0.717) is 21.8 Å². The fraction of sp³-hybridized carbons (Fsp3) is 0.125. The Morgan fingerprint density at radius 1 is 1.05 bits per heavy atom. The Balaban J connectivity index is 2.19. The molecule has 112 valence electrons. The van der Waals surface area contributed by atoms with Crippen LogP contribution >= 0.6 is 0 Å². The molecule has 1 aliphatic rings. The summed E-state index contributed by atoms with van der Waals surface area (Å²) in [5.41, 5.74) is 0.445. The van der Waals surface area contributed by atoms with Gasteiger partial charge in [0.15, 0.2) is 0 Å². The van der Waals surface area contributed by atoms with E-state index < -0.39 is 11.6 Å². The molecule has 3 rings (SSSR count). The van der Waals surface area contributed by atoms with Gasteiger partial charge in [0, 0.05) is 12.1 Å². The summed E-state index contributed by atoms with van der Waals surface area (Å²) >= 11 is 0. The maximum absolute atomic E-state index is 13.3. The number of halogens is 1. The summed E-state index contributed by atoms with van der Waals surface area (Å²) in [5, 5.41) is 12.4. The molecule has 0 fully saturated rings. The largest absolute Gasteiger partial charge is 0.618 e. The quantitative estimate of drug-likeness (QED) is 0.646. The lowest BCUT2D eigenvalue weighted by molar-refractivity contribution is -0.355. The van der Waals surface area contributed by atoms with Gasteiger partial charge in [-0.15, -0.1) is 0 Å². The number of nitrogens with zero attached hydrogens (tertiary/aromatic N) is 1. The van der Waals surface area contributed by atoms with Crippen LogP contribution in [0, 0.1) is 11.0 Å². The fourth-order valence-corrected chi connectivity index (χ4v) is 2.40. The van der Waals surface area contributed by atoms with Crippen molar-refractivity contribution < 1.29 is 23.4 Å². The predicted octanol–water partition coefficient (Wildman–Crippen LogP) is 2.67. The Bertz CT molecular complexity index is 792. The van der Waals surface area contributed by atoms with Crippen LogP contribution in [0.25, 0.3) is 0 Å². The highest BCUT2D eigenvalue weighted by atomic mass is 19.1. The fourth-order valence-electron chi connectivity index (χ4n) is 2.40. The molecular formula is C16H12FNO4. The van der Waals surface area contributed by atoms with Crippen LogP contribution in [0.15, 0.2) is 36.4 Å². The Morgan fingerprint density at radius 2 is 1.68 bits per heavy atom. The van der Waals surface area contributed by atoms with Crippen molar-refractivity contribution in [3.63, 3.8) is 0 Å². The first-order valence-electron chi connectivity index (χ1n) is 6.47. The van der Waals surface area contributed by atoms with Crippen molar-refractivity contribution in [3.05, 3.63) is 58.5 Å². The molecule has 0 spiro atoms. The zero-order valence-corrected chi connectivity index (χ0v) is 11.9. The number of fused-ring (bicyclic) bond motifs is 1. The molecule has 2 aromatic rings. The Kier molecular flexibility index (Phi) is 3.29. The van der Waals surface area contributed by atoms with Crippen LogP contribution in [0.4, 0.5) is 10.1 Å². The van der Waals surface area contributed by atoms with Gasteiger partial charge >= 0.3 is 0 Å². The normalized spacial score (nSPS) is 13.3. The molecule has 0 amide bonds. The summed E-state index contributed by atoms with van der Waals surface area (Å²) in [6, 6.07) is 8.25. The molecule has 0 saturated heterocycles. The molecule has 0 N–H and O–H groups in total. The molecule has 22 heavy (non-hydrogen) atoms. The van der Waals surface area contributed by atoms with Crippen LogP contribution in [-0.4, -0.2) is 30.5 Å². The standard InChI is InChI=1S/C16H12FNO4/c1-21-11-5-9(6-12(8-11)22-2)15-16(19)13-4-3-10(17)7-14(13)18(15)20/h3-8H,1-2H3. The molecule has 5 nitrogen and oxygen atoms in total. The molecule has 0 aliphatic carbocycles. The topological polar surface area (TPSA) is 61.6 Å².